The molecule has 0 fully saturated rings. The van der Waals surface area contributed by atoms with Gasteiger partial charge in [0, 0.05) is 18.3 Å². The van der Waals surface area contributed by atoms with E-state index in [1.165, 1.54) is 23.5 Å². The molecule has 0 spiro atoms. The SMILES string of the molecule is Cc1nc(CCNS(=O)(=O)c2ccc(C=O)o2)cs1. The van der Waals surface area contributed by atoms with Gasteiger partial charge in [0.15, 0.2) is 12.0 Å². The van der Waals surface area contributed by atoms with Crippen LogP contribution in [0.25, 0.3) is 0 Å². The molecule has 1 N–H and O–H groups in total. The van der Waals surface area contributed by atoms with Crippen LogP contribution in [0.4, 0.5) is 0 Å². The first-order chi connectivity index (χ1) is 9.01. The van der Waals surface area contributed by atoms with E-state index in [9.17, 15) is 13.2 Å². The van der Waals surface area contributed by atoms with E-state index in [1.807, 2.05) is 12.3 Å². The molecule has 0 aliphatic rings. The third-order valence-electron chi connectivity index (χ3n) is 2.32. The fourth-order valence-corrected chi connectivity index (χ4v) is 3.06. The fraction of sp³-hybridized carbons (Fsp3) is 0.273. The lowest BCUT2D eigenvalue weighted by molar-refractivity contribution is 0.109. The van der Waals surface area contributed by atoms with Gasteiger partial charge >= 0.3 is 0 Å². The van der Waals surface area contributed by atoms with Gasteiger partial charge in [0.2, 0.25) is 5.09 Å². The van der Waals surface area contributed by atoms with E-state index >= 15 is 0 Å². The maximum atomic E-state index is 11.8. The Bertz CT molecular complexity index is 672. The summed E-state index contributed by atoms with van der Waals surface area (Å²) in [6.45, 7) is 2.12. The Balaban J connectivity index is 1.96. The van der Waals surface area contributed by atoms with E-state index in [-0.39, 0.29) is 17.4 Å². The molecule has 0 aliphatic heterocycles. The third kappa shape index (κ3) is 3.49. The molecule has 2 rings (SSSR count). The average Bonchev–Trinajstić information content (AvgIpc) is 2.98. The summed E-state index contributed by atoms with van der Waals surface area (Å²) in [5, 5.41) is 2.57. The number of sulfonamides is 1. The minimum Gasteiger partial charge on any atom is -0.440 e. The second-order valence-corrected chi connectivity index (χ2v) is 6.54. The number of aldehydes is 1. The normalized spacial score (nSPS) is 11.6. The quantitative estimate of drug-likeness (QED) is 0.814. The van der Waals surface area contributed by atoms with Gasteiger partial charge < -0.3 is 4.42 Å². The molecular formula is C11H12N2O4S2. The highest BCUT2D eigenvalue weighted by molar-refractivity contribution is 7.89. The molecule has 0 radical (unpaired) electrons. The molecular weight excluding hydrogens is 288 g/mol. The molecule has 0 atom stereocenters. The molecule has 2 aromatic rings. The van der Waals surface area contributed by atoms with E-state index in [0.717, 1.165) is 10.7 Å². The van der Waals surface area contributed by atoms with Gasteiger partial charge in [-0.05, 0) is 19.1 Å². The predicted molar refractivity (Wildman–Crippen MR) is 69.8 cm³/mol. The lowest BCUT2D eigenvalue weighted by Crippen LogP contribution is -2.25. The highest BCUT2D eigenvalue weighted by Crippen LogP contribution is 2.12. The van der Waals surface area contributed by atoms with Crippen molar-refractivity contribution < 1.29 is 17.6 Å². The number of thiazole rings is 1. The summed E-state index contributed by atoms with van der Waals surface area (Å²) in [4.78, 5) is 14.7. The molecule has 102 valence electrons. The Morgan fingerprint density at radius 2 is 2.26 bits per heavy atom. The van der Waals surface area contributed by atoms with E-state index in [4.69, 9.17) is 4.42 Å². The largest absolute Gasteiger partial charge is 0.440 e. The van der Waals surface area contributed by atoms with Crippen molar-refractivity contribution in [3.05, 3.63) is 34.0 Å². The van der Waals surface area contributed by atoms with Crippen LogP contribution in [0.5, 0.6) is 0 Å². The first kappa shape index (κ1) is 13.9. The van der Waals surface area contributed by atoms with Crippen molar-refractivity contribution in [2.45, 2.75) is 18.4 Å². The molecule has 0 aromatic carbocycles. The number of nitrogens with one attached hydrogen (secondary N) is 1. The van der Waals surface area contributed by atoms with Gasteiger partial charge in [0.1, 0.15) is 0 Å². The zero-order valence-corrected chi connectivity index (χ0v) is 11.8. The monoisotopic (exact) mass is 300 g/mol. The van der Waals surface area contributed by atoms with E-state index in [2.05, 4.69) is 9.71 Å². The molecule has 0 bridgehead atoms. The van der Waals surface area contributed by atoms with Crippen molar-refractivity contribution in [1.82, 2.24) is 9.71 Å². The van der Waals surface area contributed by atoms with Gasteiger partial charge in [-0.3, -0.25) is 4.79 Å². The molecule has 0 saturated carbocycles. The number of rotatable bonds is 6. The summed E-state index contributed by atoms with van der Waals surface area (Å²) in [5.41, 5.74) is 0.846. The number of hydrogen-bond donors (Lipinski definition) is 1. The number of aromatic nitrogens is 1. The molecule has 0 amide bonds. The highest BCUT2D eigenvalue weighted by atomic mass is 32.2. The maximum Gasteiger partial charge on any atom is 0.273 e. The Kier molecular flexibility index (Phi) is 4.13. The summed E-state index contributed by atoms with van der Waals surface area (Å²) >= 11 is 1.52. The summed E-state index contributed by atoms with van der Waals surface area (Å²) in [6, 6.07) is 2.56. The van der Waals surface area contributed by atoms with Crippen LogP contribution in [0.2, 0.25) is 0 Å². The van der Waals surface area contributed by atoms with E-state index < -0.39 is 10.0 Å². The Labute approximate surface area is 114 Å². The predicted octanol–water partition coefficient (Wildman–Crippen LogP) is 1.38. The first-order valence-electron chi connectivity index (χ1n) is 5.47. The number of carbonyl (C=O) groups is 1. The second-order valence-electron chi connectivity index (χ2n) is 3.78. The summed E-state index contributed by atoms with van der Waals surface area (Å²) in [6.07, 6.45) is 0.960. The van der Waals surface area contributed by atoms with Gasteiger partial charge in [0.05, 0.1) is 10.7 Å². The minimum absolute atomic E-state index is 0.0181. The summed E-state index contributed by atoms with van der Waals surface area (Å²) in [7, 11) is -3.71. The minimum atomic E-state index is -3.71. The van der Waals surface area contributed by atoms with Crippen LogP contribution in [0.15, 0.2) is 27.0 Å². The standard InChI is InChI=1S/C11H12N2O4S2/c1-8-13-9(7-18-8)4-5-12-19(15,16)11-3-2-10(6-14)17-11/h2-3,6-7,12H,4-5H2,1H3. The second kappa shape index (κ2) is 5.64. The van der Waals surface area contributed by atoms with Gasteiger partial charge in [-0.2, -0.15) is 0 Å². The van der Waals surface area contributed by atoms with Crippen LogP contribution in [0.1, 0.15) is 21.3 Å². The molecule has 6 nitrogen and oxygen atoms in total. The van der Waals surface area contributed by atoms with Crippen molar-refractivity contribution in [3.8, 4) is 0 Å². The van der Waals surface area contributed by atoms with Crippen LogP contribution in [-0.2, 0) is 16.4 Å². The Hall–Kier alpha value is -1.51. The van der Waals surface area contributed by atoms with E-state index in [1.54, 1.807) is 0 Å². The highest BCUT2D eigenvalue weighted by Gasteiger charge is 2.18. The molecule has 19 heavy (non-hydrogen) atoms. The lowest BCUT2D eigenvalue weighted by Gasteiger charge is -2.02. The molecule has 0 saturated heterocycles. The summed E-state index contributed by atoms with van der Waals surface area (Å²) in [5.74, 6) is -0.0181. The van der Waals surface area contributed by atoms with Crippen LogP contribution in [0, 0.1) is 6.92 Å². The van der Waals surface area contributed by atoms with Gasteiger partial charge in [-0.25, -0.2) is 18.1 Å². The number of aryl methyl sites for hydroxylation is 1. The number of hydrogen-bond acceptors (Lipinski definition) is 6. The third-order valence-corrected chi connectivity index (χ3v) is 4.48. The van der Waals surface area contributed by atoms with Crippen LogP contribution in [0.3, 0.4) is 0 Å². The molecule has 8 heteroatoms. The number of furan rings is 1. The van der Waals surface area contributed by atoms with E-state index in [0.29, 0.717) is 12.7 Å². The smallest absolute Gasteiger partial charge is 0.273 e. The van der Waals surface area contributed by atoms with Crippen LogP contribution in [-0.4, -0.2) is 26.2 Å². The van der Waals surface area contributed by atoms with Crippen molar-refractivity contribution in [2.24, 2.45) is 0 Å². The summed E-state index contributed by atoms with van der Waals surface area (Å²) < 4.78 is 30.9. The number of carbonyl (C=O) groups excluding carboxylic acids is 1. The maximum absolute atomic E-state index is 11.8. The topological polar surface area (TPSA) is 89.3 Å². The lowest BCUT2D eigenvalue weighted by atomic mass is 10.3. The Morgan fingerprint density at radius 1 is 1.47 bits per heavy atom. The average molecular weight is 300 g/mol. The van der Waals surface area contributed by atoms with Gasteiger partial charge in [-0.1, -0.05) is 0 Å². The molecule has 2 aromatic heterocycles. The molecule has 2 heterocycles. The van der Waals surface area contributed by atoms with Crippen molar-refractivity contribution in [3.63, 3.8) is 0 Å². The first-order valence-corrected chi connectivity index (χ1v) is 7.83. The molecule has 0 unspecified atom stereocenters. The van der Waals surface area contributed by atoms with Crippen molar-refractivity contribution in [1.29, 1.82) is 0 Å². The number of nitrogens with zero attached hydrogens (tertiary/aromatic N) is 1. The van der Waals surface area contributed by atoms with Crippen LogP contribution >= 0.6 is 11.3 Å². The fourth-order valence-electron chi connectivity index (χ4n) is 1.45. The molecule has 0 aliphatic carbocycles. The van der Waals surface area contributed by atoms with Crippen molar-refractivity contribution >= 4 is 27.6 Å². The van der Waals surface area contributed by atoms with Gasteiger partial charge in [-0.15, -0.1) is 11.3 Å². The Morgan fingerprint density at radius 3 is 2.84 bits per heavy atom. The van der Waals surface area contributed by atoms with Gasteiger partial charge in [0.25, 0.3) is 10.0 Å². The zero-order chi connectivity index (χ0) is 13.9. The van der Waals surface area contributed by atoms with Crippen LogP contribution < -0.4 is 4.72 Å². The zero-order valence-electron chi connectivity index (χ0n) is 10.1. The van der Waals surface area contributed by atoms with Crippen molar-refractivity contribution in [2.75, 3.05) is 6.54 Å².